The number of benzene rings is 1. The molecule has 0 atom stereocenters. The fourth-order valence-corrected chi connectivity index (χ4v) is 2.03. The average molecular weight is 231 g/mol. The highest BCUT2D eigenvalue weighted by Gasteiger charge is 2.21. The topological polar surface area (TPSA) is 39.1 Å². The fraction of sp³-hybridized carbons (Fsp3) is 0.462. The van der Waals surface area contributed by atoms with Crippen molar-refractivity contribution in [2.45, 2.75) is 25.4 Å². The Bertz CT molecular complexity index is 543. The average Bonchev–Trinajstić information content (AvgIpc) is 3.13. The minimum absolute atomic E-state index is 0.712. The van der Waals surface area contributed by atoms with Gasteiger partial charge in [-0.1, -0.05) is 0 Å². The molecule has 4 nitrogen and oxygen atoms in total. The Balaban J connectivity index is 1.92. The number of ether oxygens (including phenoxy) is 1. The molecule has 2 aromatic rings. The Morgan fingerprint density at radius 2 is 2.29 bits per heavy atom. The molecule has 17 heavy (non-hydrogen) atoms. The normalized spacial score (nSPS) is 15.4. The fourth-order valence-electron chi connectivity index (χ4n) is 2.03. The molecule has 1 saturated carbocycles. The van der Waals surface area contributed by atoms with Crippen LogP contribution in [-0.4, -0.2) is 22.7 Å². The standard InChI is InChI=1S/C13H17N3O/c1-16-12-7-10(17-2)5-6-11(12)15-13(16)8-14-9-3-4-9/h5-7,9,14H,3-4,8H2,1-2H3. The predicted molar refractivity (Wildman–Crippen MR) is 67.1 cm³/mol. The molecule has 0 aliphatic heterocycles. The van der Waals surface area contributed by atoms with Crippen molar-refractivity contribution in [3.05, 3.63) is 24.0 Å². The smallest absolute Gasteiger partial charge is 0.123 e. The SMILES string of the molecule is COc1ccc2nc(CNC3CC3)n(C)c2c1. The van der Waals surface area contributed by atoms with E-state index >= 15 is 0 Å². The number of nitrogens with one attached hydrogen (secondary N) is 1. The first-order valence-electron chi connectivity index (χ1n) is 6.00. The van der Waals surface area contributed by atoms with Gasteiger partial charge >= 0.3 is 0 Å². The second-order valence-corrected chi connectivity index (χ2v) is 4.60. The van der Waals surface area contributed by atoms with E-state index in [1.165, 1.54) is 12.8 Å². The molecule has 1 fully saturated rings. The van der Waals surface area contributed by atoms with E-state index < -0.39 is 0 Å². The summed E-state index contributed by atoms with van der Waals surface area (Å²) in [6.07, 6.45) is 2.61. The summed E-state index contributed by atoms with van der Waals surface area (Å²) in [4.78, 5) is 4.63. The van der Waals surface area contributed by atoms with Crippen LogP contribution in [0.25, 0.3) is 11.0 Å². The maximum Gasteiger partial charge on any atom is 0.123 e. The molecular formula is C13H17N3O. The molecule has 0 spiro atoms. The summed E-state index contributed by atoms with van der Waals surface area (Å²) >= 11 is 0. The first-order valence-corrected chi connectivity index (χ1v) is 6.00. The third-order valence-corrected chi connectivity index (χ3v) is 3.31. The van der Waals surface area contributed by atoms with Gasteiger partial charge in [-0.3, -0.25) is 0 Å². The van der Waals surface area contributed by atoms with Crippen LogP contribution in [-0.2, 0) is 13.6 Å². The van der Waals surface area contributed by atoms with Gasteiger partial charge in [-0.25, -0.2) is 4.98 Å². The Kier molecular flexibility index (Phi) is 2.52. The third-order valence-electron chi connectivity index (χ3n) is 3.31. The highest BCUT2D eigenvalue weighted by molar-refractivity contribution is 5.77. The summed E-state index contributed by atoms with van der Waals surface area (Å²) in [5.74, 6) is 1.96. The summed E-state index contributed by atoms with van der Waals surface area (Å²) in [7, 11) is 3.74. The molecule has 90 valence electrons. The zero-order chi connectivity index (χ0) is 11.8. The molecule has 0 radical (unpaired) electrons. The number of hydrogen-bond donors (Lipinski definition) is 1. The second kappa shape index (κ2) is 4.04. The van der Waals surface area contributed by atoms with Crippen LogP contribution < -0.4 is 10.1 Å². The maximum absolute atomic E-state index is 5.24. The van der Waals surface area contributed by atoms with Gasteiger partial charge in [0.2, 0.25) is 0 Å². The van der Waals surface area contributed by atoms with Gasteiger partial charge in [0.25, 0.3) is 0 Å². The highest BCUT2D eigenvalue weighted by atomic mass is 16.5. The second-order valence-electron chi connectivity index (χ2n) is 4.60. The summed E-state index contributed by atoms with van der Waals surface area (Å²) in [6.45, 7) is 0.845. The Morgan fingerprint density at radius 3 is 3.00 bits per heavy atom. The lowest BCUT2D eigenvalue weighted by molar-refractivity contribution is 0.415. The minimum atomic E-state index is 0.712. The van der Waals surface area contributed by atoms with Crippen LogP contribution in [0.1, 0.15) is 18.7 Å². The van der Waals surface area contributed by atoms with E-state index in [2.05, 4.69) is 21.9 Å². The summed E-state index contributed by atoms with van der Waals surface area (Å²) < 4.78 is 7.37. The van der Waals surface area contributed by atoms with Crippen molar-refractivity contribution in [1.82, 2.24) is 14.9 Å². The quantitative estimate of drug-likeness (QED) is 0.872. The lowest BCUT2D eigenvalue weighted by Gasteiger charge is -2.03. The lowest BCUT2D eigenvalue weighted by atomic mass is 10.3. The predicted octanol–water partition coefficient (Wildman–Crippen LogP) is 1.83. The van der Waals surface area contributed by atoms with Gasteiger partial charge in [0.15, 0.2) is 0 Å². The molecule has 4 heteroatoms. The van der Waals surface area contributed by atoms with Crippen molar-refractivity contribution in [2.24, 2.45) is 7.05 Å². The molecular weight excluding hydrogens is 214 g/mol. The molecule has 3 rings (SSSR count). The van der Waals surface area contributed by atoms with Gasteiger partial charge in [-0.15, -0.1) is 0 Å². The monoisotopic (exact) mass is 231 g/mol. The van der Waals surface area contributed by atoms with Gasteiger partial charge in [0.05, 0.1) is 24.7 Å². The van der Waals surface area contributed by atoms with Gasteiger partial charge in [-0.05, 0) is 25.0 Å². The molecule has 1 aliphatic rings. The minimum Gasteiger partial charge on any atom is -0.497 e. The van der Waals surface area contributed by atoms with E-state index in [0.29, 0.717) is 6.04 Å². The van der Waals surface area contributed by atoms with Gasteiger partial charge in [-0.2, -0.15) is 0 Å². The van der Waals surface area contributed by atoms with E-state index in [9.17, 15) is 0 Å². The molecule has 1 aromatic heterocycles. The molecule has 0 bridgehead atoms. The molecule has 0 unspecified atom stereocenters. The highest BCUT2D eigenvalue weighted by Crippen LogP contribution is 2.22. The first kappa shape index (κ1) is 10.6. The number of nitrogens with zero attached hydrogens (tertiary/aromatic N) is 2. The van der Waals surface area contributed by atoms with Gasteiger partial charge < -0.3 is 14.6 Å². The Hall–Kier alpha value is -1.55. The number of hydrogen-bond acceptors (Lipinski definition) is 3. The van der Waals surface area contributed by atoms with Crippen molar-refractivity contribution in [2.75, 3.05) is 7.11 Å². The van der Waals surface area contributed by atoms with E-state index in [0.717, 1.165) is 29.2 Å². The Labute approximate surface area is 101 Å². The van der Waals surface area contributed by atoms with E-state index in [4.69, 9.17) is 4.74 Å². The van der Waals surface area contributed by atoms with Crippen molar-refractivity contribution in [1.29, 1.82) is 0 Å². The zero-order valence-electron chi connectivity index (χ0n) is 10.2. The molecule has 1 N–H and O–H groups in total. The third kappa shape index (κ3) is 2.00. The molecule has 1 heterocycles. The van der Waals surface area contributed by atoms with E-state index in [1.807, 2.05) is 18.2 Å². The lowest BCUT2D eigenvalue weighted by Crippen LogP contribution is -2.18. The first-order chi connectivity index (χ1) is 8.28. The van der Waals surface area contributed by atoms with Crippen LogP contribution in [0, 0.1) is 0 Å². The summed E-state index contributed by atoms with van der Waals surface area (Å²) in [5, 5.41) is 3.49. The molecule has 1 aliphatic carbocycles. The van der Waals surface area contributed by atoms with Crippen LogP contribution in [0.2, 0.25) is 0 Å². The molecule has 1 aromatic carbocycles. The van der Waals surface area contributed by atoms with Crippen LogP contribution in [0.4, 0.5) is 0 Å². The van der Waals surface area contributed by atoms with Crippen LogP contribution >= 0.6 is 0 Å². The molecule has 0 saturated heterocycles. The summed E-state index contributed by atoms with van der Waals surface area (Å²) in [5.41, 5.74) is 2.15. The van der Waals surface area contributed by atoms with Crippen molar-refractivity contribution in [3.63, 3.8) is 0 Å². The van der Waals surface area contributed by atoms with Gasteiger partial charge in [0.1, 0.15) is 11.6 Å². The van der Waals surface area contributed by atoms with Gasteiger partial charge in [0, 0.05) is 19.2 Å². The van der Waals surface area contributed by atoms with E-state index in [1.54, 1.807) is 7.11 Å². The van der Waals surface area contributed by atoms with Crippen molar-refractivity contribution >= 4 is 11.0 Å². The van der Waals surface area contributed by atoms with Crippen molar-refractivity contribution in [3.8, 4) is 5.75 Å². The number of methoxy groups -OCH3 is 1. The number of imidazole rings is 1. The van der Waals surface area contributed by atoms with E-state index in [-0.39, 0.29) is 0 Å². The number of rotatable bonds is 4. The Morgan fingerprint density at radius 1 is 1.47 bits per heavy atom. The summed E-state index contributed by atoms with van der Waals surface area (Å²) in [6, 6.07) is 6.70. The maximum atomic E-state index is 5.24. The zero-order valence-corrected chi connectivity index (χ0v) is 10.2. The van der Waals surface area contributed by atoms with Crippen molar-refractivity contribution < 1.29 is 4.74 Å². The number of fused-ring (bicyclic) bond motifs is 1. The van der Waals surface area contributed by atoms with Crippen LogP contribution in [0.15, 0.2) is 18.2 Å². The van der Waals surface area contributed by atoms with Crippen LogP contribution in [0.5, 0.6) is 5.75 Å². The molecule has 0 amide bonds. The number of aryl methyl sites for hydroxylation is 1. The number of aromatic nitrogens is 2. The largest absolute Gasteiger partial charge is 0.497 e. The van der Waals surface area contributed by atoms with Crippen LogP contribution in [0.3, 0.4) is 0 Å².